The second-order valence-electron chi connectivity index (χ2n) is 10.0. The van der Waals surface area contributed by atoms with Crippen molar-refractivity contribution in [3.05, 3.63) is 138 Å². The lowest BCUT2D eigenvalue weighted by Gasteiger charge is -2.24. The largest absolute Gasteiger partial charge is 1.00 e. The molecule has 0 saturated heterocycles. The first-order valence-electron chi connectivity index (χ1n) is 14.6. The second-order valence-corrected chi connectivity index (χ2v) is 10.0. The Kier molecular flexibility index (Phi) is 10.2. The summed E-state index contributed by atoms with van der Waals surface area (Å²) in [4.78, 5) is 8.42. The second kappa shape index (κ2) is 14.0. The van der Waals surface area contributed by atoms with Crippen LogP contribution in [0, 0.1) is 0 Å². The molecule has 0 spiro atoms. The lowest BCUT2D eigenvalue weighted by Crippen LogP contribution is -3.00. The summed E-state index contributed by atoms with van der Waals surface area (Å²) in [6.45, 7) is 12.8. The van der Waals surface area contributed by atoms with Crippen LogP contribution in [0.1, 0.15) is 49.9 Å². The van der Waals surface area contributed by atoms with Crippen molar-refractivity contribution < 1.29 is 17.4 Å². The summed E-state index contributed by atoms with van der Waals surface area (Å²) in [6, 6.07) is 37.3. The highest BCUT2D eigenvalue weighted by atomic mass is 35.5. The number of nitrogens with zero attached hydrogens (tertiary/aromatic N) is 2. The Morgan fingerprint density at radius 1 is 0.537 bits per heavy atom. The first-order valence-corrected chi connectivity index (χ1v) is 14.6. The van der Waals surface area contributed by atoms with Crippen molar-refractivity contribution in [3.8, 4) is 0 Å². The molecule has 1 N–H and O–H groups in total. The minimum Gasteiger partial charge on any atom is -1.00 e. The molecule has 5 rings (SSSR count). The molecule has 1 aliphatic rings. The third kappa shape index (κ3) is 6.47. The summed E-state index contributed by atoms with van der Waals surface area (Å²) in [6.07, 6.45) is 4.50. The fourth-order valence-corrected chi connectivity index (χ4v) is 5.64. The number of halogens is 1. The van der Waals surface area contributed by atoms with Gasteiger partial charge in [0.2, 0.25) is 11.4 Å². The number of hydrogen-bond donors (Lipinski definition) is 1. The lowest BCUT2D eigenvalue weighted by molar-refractivity contribution is -0.351. The molecule has 0 heterocycles. The van der Waals surface area contributed by atoms with Gasteiger partial charge in [-0.25, -0.2) is 4.99 Å². The number of nitrogens with one attached hydrogen (secondary N) is 1. The van der Waals surface area contributed by atoms with E-state index in [1.165, 1.54) is 44.8 Å². The molecule has 0 fully saturated rings. The minimum atomic E-state index is 0. The molecule has 0 unspecified atom stereocenters. The van der Waals surface area contributed by atoms with E-state index in [4.69, 9.17) is 0 Å². The molecule has 0 aromatic heterocycles. The van der Waals surface area contributed by atoms with Crippen molar-refractivity contribution in [3.63, 3.8) is 0 Å². The standard InChI is InChI=1S/C37H39N3.ClH/c1-5-39(6-2)31-22-18-28(19-23-31)37(29-20-24-32(25-21-29)40(7-3)8-4)35-26-27-36(34-17-13-12-16-33(34)35)38-30-14-10-9-11-15-30;/h9-27H,5-8H2,1-4H3;1H. The highest BCUT2D eigenvalue weighted by Crippen LogP contribution is 2.37. The van der Waals surface area contributed by atoms with E-state index < -0.39 is 0 Å². The highest BCUT2D eigenvalue weighted by molar-refractivity contribution is 6.17. The molecule has 4 aromatic rings. The summed E-state index contributed by atoms with van der Waals surface area (Å²) >= 11 is 0. The maximum absolute atomic E-state index is 3.64. The van der Waals surface area contributed by atoms with Crippen LogP contribution in [0.4, 0.5) is 17.1 Å². The SMILES string of the molecule is CCN(CC)c1ccc(C(=C2C=CC(=[NH+]c3ccccc3)c3ccccc32)c2ccc(N(CC)CC)cc2)cc1.[Cl-]. The van der Waals surface area contributed by atoms with Crippen LogP contribution < -0.4 is 27.2 Å². The lowest BCUT2D eigenvalue weighted by atomic mass is 9.83. The number of fused-ring (bicyclic) bond motifs is 1. The Hall–Kier alpha value is -4.08. The Balaban J connectivity index is 0.00000387. The van der Waals surface area contributed by atoms with Crippen LogP contribution in [-0.4, -0.2) is 31.9 Å². The zero-order chi connectivity index (χ0) is 27.9. The van der Waals surface area contributed by atoms with Crippen molar-refractivity contribution in [2.24, 2.45) is 0 Å². The molecule has 0 saturated carbocycles. The van der Waals surface area contributed by atoms with Crippen LogP contribution in [0.15, 0.2) is 115 Å². The zero-order valence-corrected chi connectivity index (χ0v) is 25.3. The van der Waals surface area contributed by atoms with Crippen LogP contribution in [0.2, 0.25) is 0 Å². The normalized spacial score (nSPS) is 13.0. The molecule has 0 atom stereocenters. The maximum Gasteiger partial charge on any atom is 0.211 e. The van der Waals surface area contributed by atoms with Gasteiger partial charge in [-0.05, 0) is 91.9 Å². The Bertz CT molecular complexity index is 1450. The van der Waals surface area contributed by atoms with Gasteiger partial charge in [0.05, 0.1) is 5.56 Å². The fraction of sp³-hybridized carbons (Fsp3) is 0.216. The van der Waals surface area contributed by atoms with E-state index in [0.717, 1.165) is 37.6 Å². The predicted octanol–water partition coefficient (Wildman–Crippen LogP) is 4.11. The highest BCUT2D eigenvalue weighted by Gasteiger charge is 2.23. The summed E-state index contributed by atoms with van der Waals surface area (Å²) in [5.74, 6) is 0. The maximum atomic E-state index is 3.64. The zero-order valence-electron chi connectivity index (χ0n) is 24.6. The van der Waals surface area contributed by atoms with Crippen LogP contribution in [0.3, 0.4) is 0 Å². The topological polar surface area (TPSA) is 20.5 Å². The number of rotatable bonds is 9. The van der Waals surface area contributed by atoms with Crippen LogP contribution in [-0.2, 0) is 0 Å². The molecule has 1 aliphatic carbocycles. The van der Waals surface area contributed by atoms with Crippen LogP contribution >= 0.6 is 0 Å². The third-order valence-electron chi connectivity index (χ3n) is 7.82. The third-order valence-corrected chi connectivity index (χ3v) is 7.82. The van der Waals surface area contributed by atoms with Gasteiger partial charge in [-0.3, -0.25) is 0 Å². The predicted molar refractivity (Wildman–Crippen MR) is 173 cm³/mol. The number of anilines is 2. The van der Waals surface area contributed by atoms with Crippen molar-refractivity contribution in [1.82, 2.24) is 0 Å². The van der Waals surface area contributed by atoms with Crippen molar-refractivity contribution >= 4 is 33.9 Å². The van der Waals surface area contributed by atoms with E-state index in [0.29, 0.717) is 0 Å². The molecular weight excluding hydrogens is 522 g/mol. The molecule has 4 heteroatoms. The molecule has 0 radical (unpaired) electrons. The number of para-hydroxylation sites is 1. The average Bonchev–Trinajstić information content (AvgIpc) is 3.01. The van der Waals surface area contributed by atoms with Crippen molar-refractivity contribution in [2.45, 2.75) is 27.7 Å². The molecule has 0 amide bonds. The molecule has 3 nitrogen and oxygen atoms in total. The van der Waals surface area contributed by atoms with E-state index in [1.54, 1.807) is 0 Å². The van der Waals surface area contributed by atoms with Gasteiger partial charge in [-0.15, -0.1) is 0 Å². The first-order chi connectivity index (χ1) is 19.7. The summed E-state index contributed by atoms with van der Waals surface area (Å²) in [5, 5.41) is 0. The fourth-order valence-electron chi connectivity index (χ4n) is 5.64. The molecule has 210 valence electrons. The van der Waals surface area contributed by atoms with Gasteiger partial charge in [-0.2, -0.15) is 0 Å². The molecule has 0 aliphatic heterocycles. The number of allylic oxidation sites excluding steroid dienone is 3. The Morgan fingerprint density at radius 2 is 1.00 bits per heavy atom. The van der Waals surface area contributed by atoms with Gasteiger partial charge in [-0.1, -0.05) is 60.7 Å². The average molecular weight is 562 g/mol. The van der Waals surface area contributed by atoms with Crippen molar-refractivity contribution in [2.75, 3.05) is 36.0 Å². The van der Waals surface area contributed by atoms with E-state index in [9.17, 15) is 0 Å². The van der Waals surface area contributed by atoms with E-state index in [1.807, 2.05) is 6.07 Å². The quantitative estimate of drug-likeness (QED) is 0.332. The van der Waals surface area contributed by atoms with Gasteiger partial charge < -0.3 is 22.2 Å². The monoisotopic (exact) mass is 561 g/mol. The van der Waals surface area contributed by atoms with E-state index in [2.05, 4.69) is 152 Å². The summed E-state index contributed by atoms with van der Waals surface area (Å²) in [5.41, 5.74) is 12.1. The number of hydrogen-bond acceptors (Lipinski definition) is 2. The Morgan fingerprint density at radius 3 is 1.49 bits per heavy atom. The summed E-state index contributed by atoms with van der Waals surface area (Å²) < 4.78 is 0. The van der Waals surface area contributed by atoms with Gasteiger partial charge in [0.25, 0.3) is 0 Å². The molecule has 41 heavy (non-hydrogen) atoms. The van der Waals surface area contributed by atoms with Gasteiger partial charge in [0, 0.05) is 55.8 Å². The van der Waals surface area contributed by atoms with Gasteiger partial charge in [0.1, 0.15) is 0 Å². The smallest absolute Gasteiger partial charge is 0.211 e. The Labute approximate surface area is 252 Å². The summed E-state index contributed by atoms with van der Waals surface area (Å²) in [7, 11) is 0. The van der Waals surface area contributed by atoms with E-state index in [-0.39, 0.29) is 12.4 Å². The molecular formula is C37H40ClN3. The van der Waals surface area contributed by atoms with Gasteiger partial charge >= 0.3 is 0 Å². The van der Waals surface area contributed by atoms with Crippen LogP contribution in [0.25, 0.3) is 11.1 Å². The van der Waals surface area contributed by atoms with Crippen molar-refractivity contribution in [1.29, 1.82) is 0 Å². The van der Waals surface area contributed by atoms with Gasteiger partial charge in [0.15, 0.2) is 0 Å². The number of benzene rings is 4. The van der Waals surface area contributed by atoms with E-state index >= 15 is 0 Å². The first kappa shape index (κ1) is 29.9. The minimum absolute atomic E-state index is 0. The molecule has 4 aromatic carbocycles. The molecule has 0 bridgehead atoms. The van der Waals surface area contributed by atoms with Crippen LogP contribution in [0.5, 0.6) is 0 Å².